The third-order valence-corrected chi connectivity index (χ3v) is 7.17. The van der Waals surface area contributed by atoms with Crippen LogP contribution in [0.25, 0.3) is 0 Å². The Morgan fingerprint density at radius 1 is 0.854 bits per heavy atom. The zero-order valence-electron chi connectivity index (χ0n) is 26.0. The number of carboxylic acid groups (broad SMARTS) is 1. The van der Waals surface area contributed by atoms with Crippen LogP contribution in [0.1, 0.15) is 41.4 Å². The minimum atomic E-state index is -5.23. The van der Waals surface area contributed by atoms with Gasteiger partial charge in [-0.3, -0.25) is 19.2 Å². The maximum atomic E-state index is 13.9. The van der Waals surface area contributed by atoms with Gasteiger partial charge in [-0.15, -0.1) is 0 Å². The predicted molar refractivity (Wildman–Crippen MR) is 168 cm³/mol. The number of rotatable bonds is 15. The van der Waals surface area contributed by atoms with Crippen molar-refractivity contribution >= 4 is 41.1 Å². The molecule has 0 aliphatic carbocycles. The standard InChI is InChI=1S/C33H33ClF3N3O8/c1-18(2)27(29(43)33(35,36)37)39-32(46)28(20-10-12-23(47-3)13-11-20)40-31(45)25(15-19-6-4-8-22(34)14-19)38-30(44)21-7-5-9-24(16-21)48-17-26(41)42/h4-14,16,18,25,27-28H,15,17H2,1-3H3,(H,38,44)(H,39,46)(H,40,45)(H,41,42)/t25-,27-,28-/m0/s1. The summed E-state index contributed by atoms with van der Waals surface area (Å²) in [4.78, 5) is 63.8. The molecule has 0 heterocycles. The lowest BCUT2D eigenvalue weighted by Crippen LogP contribution is -2.55. The first-order chi connectivity index (χ1) is 22.6. The molecule has 0 spiro atoms. The molecule has 0 fully saturated rings. The third-order valence-electron chi connectivity index (χ3n) is 6.93. The molecule has 0 bridgehead atoms. The monoisotopic (exact) mass is 691 g/mol. The number of alkyl halides is 3. The Hall–Kier alpha value is -5.11. The minimum absolute atomic E-state index is 0.0108. The number of nitrogens with one attached hydrogen (secondary N) is 3. The topological polar surface area (TPSA) is 160 Å². The molecule has 15 heteroatoms. The van der Waals surface area contributed by atoms with Crippen molar-refractivity contribution in [3.63, 3.8) is 0 Å². The molecule has 3 rings (SSSR count). The summed E-state index contributed by atoms with van der Waals surface area (Å²) >= 11 is 6.13. The molecule has 0 aromatic heterocycles. The van der Waals surface area contributed by atoms with Crippen LogP contribution in [-0.4, -0.2) is 66.6 Å². The normalized spacial score (nSPS) is 13.1. The van der Waals surface area contributed by atoms with Gasteiger partial charge in [0.15, 0.2) is 6.61 Å². The van der Waals surface area contributed by atoms with E-state index in [0.29, 0.717) is 16.3 Å². The summed E-state index contributed by atoms with van der Waals surface area (Å²) in [5, 5.41) is 16.4. The fourth-order valence-electron chi connectivity index (χ4n) is 4.51. The van der Waals surface area contributed by atoms with E-state index in [9.17, 15) is 37.1 Å². The van der Waals surface area contributed by atoms with Crippen LogP contribution < -0.4 is 25.4 Å². The van der Waals surface area contributed by atoms with Gasteiger partial charge in [0.05, 0.1) is 13.2 Å². The number of benzene rings is 3. The van der Waals surface area contributed by atoms with Crippen molar-refractivity contribution in [2.75, 3.05) is 13.7 Å². The van der Waals surface area contributed by atoms with Gasteiger partial charge in [-0.05, 0) is 59.5 Å². The largest absolute Gasteiger partial charge is 0.497 e. The average molecular weight is 692 g/mol. The van der Waals surface area contributed by atoms with Gasteiger partial charge in [-0.25, -0.2) is 4.79 Å². The molecule has 48 heavy (non-hydrogen) atoms. The van der Waals surface area contributed by atoms with Crippen LogP contribution in [0.5, 0.6) is 11.5 Å². The van der Waals surface area contributed by atoms with E-state index in [1.54, 1.807) is 24.3 Å². The fourth-order valence-corrected chi connectivity index (χ4v) is 4.72. The Morgan fingerprint density at radius 2 is 1.52 bits per heavy atom. The number of ketones is 1. The highest BCUT2D eigenvalue weighted by Gasteiger charge is 2.45. The Kier molecular flexibility index (Phi) is 12.9. The van der Waals surface area contributed by atoms with Crippen molar-refractivity contribution in [1.82, 2.24) is 16.0 Å². The Labute approximate surface area is 278 Å². The molecule has 3 atom stereocenters. The number of carbonyl (C=O) groups excluding carboxylic acids is 4. The Balaban J connectivity index is 1.97. The molecular weight excluding hydrogens is 659 g/mol. The molecule has 0 aliphatic rings. The van der Waals surface area contributed by atoms with Crippen LogP contribution in [0.3, 0.4) is 0 Å². The predicted octanol–water partition coefficient (Wildman–Crippen LogP) is 4.28. The average Bonchev–Trinajstić information content (AvgIpc) is 3.04. The van der Waals surface area contributed by atoms with Gasteiger partial charge in [0, 0.05) is 17.0 Å². The van der Waals surface area contributed by atoms with Crippen molar-refractivity contribution in [1.29, 1.82) is 0 Å². The van der Waals surface area contributed by atoms with Gasteiger partial charge in [0.25, 0.3) is 11.7 Å². The highest BCUT2D eigenvalue weighted by molar-refractivity contribution is 6.30. The number of amides is 3. The van der Waals surface area contributed by atoms with Crippen molar-refractivity contribution < 1.29 is 51.7 Å². The maximum Gasteiger partial charge on any atom is 0.452 e. The Bertz CT molecular complexity index is 1630. The first kappa shape index (κ1) is 37.3. The van der Waals surface area contributed by atoms with E-state index >= 15 is 0 Å². The van der Waals surface area contributed by atoms with Gasteiger partial charge in [-0.1, -0.05) is 55.8 Å². The number of hydrogen-bond acceptors (Lipinski definition) is 7. The van der Waals surface area contributed by atoms with E-state index in [2.05, 4.69) is 16.0 Å². The first-order valence-corrected chi connectivity index (χ1v) is 14.8. The van der Waals surface area contributed by atoms with Crippen molar-refractivity contribution in [2.24, 2.45) is 5.92 Å². The van der Waals surface area contributed by atoms with Crippen LogP contribution >= 0.6 is 11.6 Å². The van der Waals surface area contributed by atoms with Crippen LogP contribution in [0.15, 0.2) is 72.8 Å². The fraction of sp³-hybridized carbons (Fsp3) is 0.303. The van der Waals surface area contributed by atoms with Gasteiger partial charge < -0.3 is 30.5 Å². The van der Waals surface area contributed by atoms with Crippen LogP contribution in [0, 0.1) is 5.92 Å². The SMILES string of the molecule is COc1ccc([C@H](NC(=O)[C@H](Cc2cccc(Cl)c2)NC(=O)c2cccc(OCC(=O)O)c2)C(=O)N[C@H](C(=O)C(F)(F)F)C(C)C)cc1. The van der Waals surface area contributed by atoms with E-state index in [1.807, 2.05) is 0 Å². The minimum Gasteiger partial charge on any atom is -0.497 e. The molecule has 0 aliphatic heterocycles. The lowest BCUT2D eigenvalue weighted by molar-refractivity contribution is -0.175. The summed E-state index contributed by atoms with van der Waals surface area (Å²) in [6, 6.07) is 12.8. The van der Waals surface area contributed by atoms with Crippen molar-refractivity contribution in [2.45, 2.75) is 44.6 Å². The summed E-state index contributed by atoms with van der Waals surface area (Å²) < 4.78 is 50.4. The molecule has 3 amide bonds. The van der Waals surface area contributed by atoms with Gasteiger partial charge in [0.1, 0.15) is 23.6 Å². The zero-order chi connectivity index (χ0) is 35.6. The molecule has 3 aromatic rings. The van der Waals surface area contributed by atoms with Gasteiger partial charge in [0.2, 0.25) is 11.8 Å². The van der Waals surface area contributed by atoms with E-state index in [1.165, 1.54) is 69.5 Å². The second-order valence-corrected chi connectivity index (χ2v) is 11.3. The number of carbonyl (C=O) groups is 5. The van der Waals surface area contributed by atoms with E-state index in [-0.39, 0.29) is 23.3 Å². The van der Waals surface area contributed by atoms with E-state index in [4.69, 9.17) is 26.2 Å². The summed E-state index contributed by atoms with van der Waals surface area (Å²) in [6.07, 6.45) is -5.37. The van der Waals surface area contributed by atoms with Crippen LogP contribution in [-0.2, 0) is 25.6 Å². The third kappa shape index (κ3) is 10.7. The number of carboxylic acids is 1. The lowest BCUT2D eigenvalue weighted by atomic mass is 9.97. The van der Waals surface area contributed by atoms with Crippen molar-refractivity contribution in [3.05, 3.63) is 94.5 Å². The molecule has 11 nitrogen and oxygen atoms in total. The van der Waals surface area contributed by atoms with Gasteiger partial charge in [-0.2, -0.15) is 13.2 Å². The smallest absolute Gasteiger partial charge is 0.452 e. The van der Waals surface area contributed by atoms with E-state index < -0.39 is 66.3 Å². The molecular formula is C33H33ClF3N3O8. The number of hydrogen-bond donors (Lipinski definition) is 4. The molecule has 3 aromatic carbocycles. The maximum absolute atomic E-state index is 13.9. The Morgan fingerprint density at radius 3 is 2.10 bits per heavy atom. The number of halogens is 4. The van der Waals surface area contributed by atoms with Crippen LogP contribution in [0.4, 0.5) is 13.2 Å². The number of methoxy groups -OCH3 is 1. The molecule has 4 N–H and O–H groups in total. The van der Waals surface area contributed by atoms with Gasteiger partial charge >= 0.3 is 12.1 Å². The molecule has 0 unspecified atom stereocenters. The molecule has 0 saturated heterocycles. The number of Topliss-reactive ketones (excluding diaryl/α,β-unsaturated/α-hetero) is 1. The number of aliphatic carboxylic acids is 1. The summed E-state index contributed by atoms with van der Waals surface area (Å²) in [5.41, 5.74) is 0.666. The zero-order valence-corrected chi connectivity index (χ0v) is 26.7. The summed E-state index contributed by atoms with van der Waals surface area (Å²) in [7, 11) is 1.40. The highest BCUT2D eigenvalue weighted by Crippen LogP contribution is 2.24. The van der Waals surface area contributed by atoms with Crippen LogP contribution in [0.2, 0.25) is 5.02 Å². The molecule has 0 saturated carbocycles. The second-order valence-electron chi connectivity index (χ2n) is 10.9. The van der Waals surface area contributed by atoms with E-state index in [0.717, 1.165) is 0 Å². The van der Waals surface area contributed by atoms with Crippen molar-refractivity contribution in [3.8, 4) is 11.5 Å². The highest BCUT2D eigenvalue weighted by atomic mass is 35.5. The molecule has 256 valence electrons. The second kappa shape index (κ2) is 16.6. The lowest BCUT2D eigenvalue weighted by Gasteiger charge is -2.27. The first-order valence-electron chi connectivity index (χ1n) is 14.4. The summed E-state index contributed by atoms with van der Waals surface area (Å²) in [6.45, 7) is 1.99. The quantitative estimate of drug-likeness (QED) is 0.184. The number of ether oxygens (including phenoxy) is 2. The summed E-state index contributed by atoms with van der Waals surface area (Å²) in [5.74, 6) is -6.67. The molecule has 0 radical (unpaired) electrons.